The Kier molecular flexibility index (Phi) is 2.70. The van der Waals surface area contributed by atoms with Crippen LogP contribution in [-0.4, -0.2) is 19.7 Å². The Morgan fingerprint density at radius 1 is 1.39 bits per heavy atom. The molecule has 0 atom stereocenters. The van der Waals surface area contributed by atoms with Gasteiger partial charge in [0.1, 0.15) is 5.82 Å². The molecule has 0 saturated heterocycles. The molecule has 3 N–H and O–H groups in total. The van der Waals surface area contributed by atoms with E-state index in [4.69, 9.17) is 5.73 Å². The van der Waals surface area contributed by atoms with Crippen molar-refractivity contribution < 1.29 is 0 Å². The molecule has 96 valence electrons. The van der Waals surface area contributed by atoms with Crippen molar-refractivity contribution >= 4 is 0 Å². The van der Waals surface area contributed by atoms with Crippen LogP contribution in [0.25, 0.3) is 11.3 Å². The van der Waals surface area contributed by atoms with Crippen LogP contribution in [0.2, 0.25) is 0 Å². The standard InChI is InChI=1S/C13H19N5/c1-2-18-9-10(7-16-18)11-8-15-12(17-11)13(14)5-3-4-6-13/h7-9H,2-6,14H2,1H3,(H,15,17). The van der Waals surface area contributed by atoms with Crippen molar-refractivity contribution in [3.63, 3.8) is 0 Å². The monoisotopic (exact) mass is 245 g/mol. The minimum Gasteiger partial charge on any atom is -0.340 e. The van der Waals surface area contributed by atoms with Crippen LogP contribution in [0.15, 0.2) is 18.6 Å². The molecule has 2 heterocycles. The molecule has 3 rings (SSSR count). The molecule has 18 heavy (non-hydrogen) atoms. The number of nitrogens with two attached hydrogens (primary N) is 1. The normalized spacial score (nSPS) is 18.3. The molecule has 1 fully saturated rings. The number of nitrogens with zero attached hydrogens (tertiary/aromatic N) is 3. The van der Waals surface area contributed by atoms with Gasteiger partial charge in [0.25, 0.3) is 0 Å². The van der Waals surface area contributed by atoms with E-state index in [1.165, 1.54) is 12.8 Å². The van der Waals surface area contributed by atoms with E-state index in [2.05, 4.69) is 22.0 Å². The molecule has 1 aliphatic rings. The van der Waals surface area contributed by atoms with Gasteiger partial charge in [0, 0.05) is 18.3 Å². The summed E-state index contributed by atoms with van der Waals surface area (Å²) in [7, 11) is 0. The van der Waals surface area contributed by atoms with Crippen molar-refractivity contribution in [2.24, 2.45) is 5.73 Å². The highest BCUT2D eigenvalue weighted by Crippen LogP contribution is 2.35. The molecule has 1 aliphatic carbocycles. The number of aromatic nitrogens is 4. The summed E-state index contributed by atoms with van der Waals surface area (Å²) in [5.41, 5.74) is 8.21. The lowest BCUT2D eigenvalue weighted by atomic mass is 9.99. The Hall–Kier alpha value is -1.62. The van der Waals surface area contributed by atoms with Crippen molar-refractivity contribution in [2.75, 3.05) is 0 Å². The quantitative estimate of drug-likeness (QED) is 0.869. The van der Waals surface area contributed by atoms with Gasteiger partial charge in [0.2, 0.25) is 0 Å². The summed E-state index contributed by atoms with van der Waals surface area (Å²) in [5, 5.41) is 4.27. The second-order valence-electron chi connectivity index (χ2n) is 5.09. The third-order valence-corrected chi connectivity index (χ3v) is 3.81. The summed E-state index contributed by atoms with van der Waals surface area (Å²) in [6.07, 6.45) is 10.2. The van der Waals surface area contributed by atoms with Crippen molar-refractivity contribution in [1.29, 1.82) is 0 Å². The Balaban J connectivity index is 1.89. The Labute approximate surface area is 106 Å². The minimum atomic E-state index is -0.251. The highest BCUT2D eigenvalue weighted by atomic mass is 15.3. The fourth-order valence-electron chi connectivity index (χ4n) is 2.64. The van der Waals surface area contributed by atoms with E-state index in [-0.39, 0.29) is 5.54 Å². The molecule has 0 spiro atoms. The summed E-state index contributed by atoms with van der Waals surface area (Å²) in [6.45, 7) is 2.95. The first-order chi connectivity index (χ1) is 8.71. The van der Waals surface area contributed by atoms with E-state index in [0.717, 1.165) is 36.5 Å². The van der Waals surface area contributed by atoms with E-state index in [9.17, 15) is 0 Å². The van der Waals surface area contributed by atoms with Crippen LogP contribution in [0.3, 0.4) is 0 Å². The number of aryl methyl sites for hydroxylation is 1. The summed E-state index contributed by atoms with van der Waals surface area (Å²) in [6, 6.07) is 0. The fraction of sp³-hybridized carbons (Fsp3) is 0.538. The van der Waals surface area contributed by atoms with Gasteiger partial charge in [-0.25, -0.2) is 4.98 Å². The van der Waals surface area contributed by atoms with Crippen molar-refractivity contribution in [3.05, 3.63) is 24.4 Å². The van der Waals surface area contributed by atoms with Crippen molar-refractivity contribution in [3.8, 4) is 11.3 Å². The maximum absolute atomic E-state index is 6.39. The van der Waals surface area contributed by atoms with Gasteiger partial charge in [-0.15, -0.1) is 0 Å². The molecule has 2 aromatic rings. The summed E-state index contributed by atoms with van der Waals surface area (Å²) in [4.78, 5) is 7.82. The first-order valence-corrected chi connectivity index (χ1v) is 6.58. The molecule has 0 amide bonds. The van der Waals surface area contributed by atoms with Gasteiger partial charge < -0.3 is 10.7 Å². The highest BCUT2D eigenvalue weighted by Gasteiger charge is 2.34. The summed E-state index contributed by atoms with van der Waals surface area (Å²) < 4.78 is 1.91. The molecule has 1 saturated carbocycles. The van der Waals surface area contributed by atoms with Gasteiger partial charge in [-0.1, -0.05) is 12.8 Å². The molecule has 0 aliphatic heterocycles. The van der Waals surface area contributed by atoms with E-state index < -0.39 is 0 Å². The molecule has 2 aromatic heterocycles. The van der Waals surface area contributed by atoms with Gasteiger partial charge in [0.05, 0.1) is 23.6 Å². The lowest BCUT2D eigenvalue weighted by Crippen LogP contribution is -2.34. The van der Waals surface area contributed by atoms with Gasteiger partial charge in [-0.05, 0) is 19.8 Å². The molecule has 0 unspecified atom stereocenters. The number of rotatable bonds is 3. The van der Waals surface area contributed by atoms with Crippen molar-refractivity contribution in [1.82, 2.24) is 19.7 Å². The first kappa shape index (κ1) is 11.5. The van der Waals surface area contributed by atoms with Gasteiger partial charge in [-0.3, -0.25) is 4.68 Å². The maximum atomic E-state index is 6.39. The molecule has 5 nitrogen and oxygen atoms in total. The number of H-pyrrole nitrogens is 1. The zero-order valence-electron chi connectivity index (χ0n) is 10.7. The van der Waals surface area contributed by atoms with Crippen LogP contribution in [0.4, 0.5) is 0 Å². The highest BCUT2D eigenvalue weighted by molar-refractivity contribution is 5.56. The molecule has 0 radical (unpaired) electrons. The van der Waals surface area contributed by atoms with Crippen LogP contribution >= 0.6 is 0 Å². The Morgan fingerprint density at radius 2 is 2.17 bits per heavy atom. The summed E-state index contributed by atoms with van der Waals surface area (Å²) in [5.74, 6) is 0.916. The topological polar surface area (TPSA) is 72.5 Å². The van der Waals surface area contributed by atoms with Crippen LogP contribution in [0.5, 0.6) is 0 Å². The molecular weight excluding hydrogens is 226 g/mol. The lowest BCUT2D eigenvalue weighted by molar-refractivity contribution is 0.436. The molecule has 0 aromatic carbocycles. The number of aromatic amines is 1. The van der Waals surface area contributed by atoms with E-state index in [0.29, 0.717) is 0 Å². The molecular formula is C13H19N5. The second kappa shape index (κ2) is 4.24. The third-order valence-electron chi connectivity index (χ3n) is 3.81. The van der Waals surface area contributed by atoms with Gasteiger partial charge in [0.15, 0.2) is 0 Å². The number of hydrogen-bond donors (Lipinski definition) is 2. The predicted molar refractivity (Wildman–Crippen MR) is 69.8 cm³/mol. The van der Waals surface area contributed by atoms with E-state index in [1.807, 2.05) is 23.3 Å². The first-order valence-electron chi connectivity index (χ1n) is 6.58. The zero-order valence-corrected chi connectivity index (χ0v) is 10.7. The van der Waals surface area contributed by atoms with Crippen LogP contribution < -0.4 is 5.73 Å². The second-order valence-corrected chi connectivity index (χ2v) is 5.09. The summed E-state index contributed by atoms with van der Waals surface area (Å²) >= 11 is 0. The van der Waals surface area contributed by atoms with E-state index >= 15 is 0 Å². The third kappa shape index (κ3) is 1.84. The Bertz CT molecular complexity index is 533. The minimum absolute atomic E-state index is 0.251. The smallest absolute Gasteiger partial charge is 0.126 e. The average Bonchev–Trinajstić information content (AvgIpc) is 3.08. The Morgan fingerprint density at radius 3 is 2.83 bits per heavy atom. The van der Waals surface area contributed by atoms with E-state index in [1.54, 1.807) is 0 Å². The van der Waals surface area contributed by atoms with Gasteiger partial charge >= 0.3 is 0 Å². The van der Waals surface area contributed by atoms with Crippen LogP contribution in [0, 0.1) is 0 Å². The average molecular weight is 245 g/mol. The van der Waals surface area contributed by atoms with Gasteiger partial charge in [-0.2, -0.15) is 5.10 Å². The number of imidazole rings is 1. The number of nitrogens with one attached hydrogen (secondary N) is 1. The van der Waals surface area contributed by atoms with Crippen LogP contribution in [-0.2, 0) is 12.1 Å². The molecule has 5 heteroatoms. The largest absolute Gasteiger partial charge is 0.340 e. The van der Waals surface area contributed by atoms with Crippen molar-refractivity contribution in [2.45, 2.75) is 44.7 Å². The number of hydrogen-bond acceptors (Lipinski definition) is 3. The fourth-order valence-corrected chi connectivity index (χ4v) is 2.64. The SMILES string of the molecule is CCn1cc(-c2cnc(C3(N)CCCC3)[nH]2)cn1. The van der Waals surface area contributed by atoms with Crippen LogP contribution in [0.1, 0.15) is 38.4 Å². The lowest BCUT2D eigenvalue weighted by Gasteiger charge is -2.20. The maximum Gasteiger partial charge on any atom is 0.126 e. The zero-order chi connectivity index (χ0) is 12.6. The predicted octanol–water partition coefficient (Wildman–Crippen LogP) is 2.02. The molecule has 0 bridgehead atoms.